The second-order valence-electron chi connectivity index (χ2n) is 6.27. The number of carbonyl (C=O) groups is 1. The van der Waals surface area contributed by atoms with E-state index in [1.165, 1.54) is 12.1 Å². The first-order valence-electron chi connectivity index (χ1n) is 8.25. The first kappa shape index (κ1) is 16.7. The Hall–Kier alpha value is -2.79. The number of nitrogens with zero attached hydrogens (tertiary/aromatic N) is 2. The third kappa shape index (κ3) is 3.44. The van der Waals surface area contributed by atoms with Crippen molar-refractivity contribution in [2.75, 3.05) is 5.32 Å². The Labute approximate surface area is 155 Å². The maximum atomic E-state index is 13.0. The van der Waals surface area contributed by atoms with Crippen molar-refractivity contribution < 1.29 is 9.18 Å². The Morgan fingerprint density at radius 2 is 1.77 bits per heavy atom. The van der Waals surface area contributed by atoms with Crippen LogP contribution in [0.1, 0.15) is 34.0 Å². The van der Waals surface area contributed by atoms with Gasteiger partial charge < -0.3 is 5.32 Å². The number of carbonyl (C=O) groups excluding carboxylic acids is 1. The van der Waals surface area contributed by atoms with Crippen molar-refractivity contribution in [2.24, 2.45) is 0 Å². The maximum absolute atomic E-state index is 13.0. The predicted molar refractivity (Wildman–Crippen MR) is 98.6 cm³/mol. The SMILES string of the molecule is O=C1C[C@@H](c2ccc(Cl)cc2)Cc2nc(Nc3ccc(F)cc3)ncc21. The van der Waals surface area contributed by atoms with E-state index < -0.39 is 0 Å². The Bertz CT molecular complexity index is 958. The Kier molecular flexibility index (Phi) is 4.39. The number of hydrogen-bond donors (Lipinski definition) is 1. The Morgan fingerprint density at radius 3 is 2.50 bits per heavy atom. The van der Waals surface area contributed by atoms with Crippen LogP contribution in [0, 0.1) is 5.82 Å². The van der Waals surface area contributed by atoms with E-state index in [4.69, 9.17) is 11.6 Å². The monoisotopic (exact) mass is 367 g/mol. The minimum atomic E-state index is -0.307. The average molecular weight is 368 g/mol. The third-order valence-corrected chi connectivity index (χ3v) is 4.73. The summed E-state index contributed by atoms with van der Waals surface area (Å²) in [6, 6.07) is 13.5. The molecule has 2 aromatic carbocycles. The van der Waals surface area contributed by atoms with Gasteiger partial charge >= 0.3 is 0 Å². The molecule has 1 atom stereocenters. The summed E-state index contributed by atoms with van der Waals surface area (Å²) in [5.74, 6) is 0.193. The van der Waals surface area contributed by atoms with Gasteiger partial charge in [0.15, 0.2) is 5.78 Å². The van der Waals surface area contributed by atoms with E-state index >= 15 is 0 Å². The number of halogens is 2. The van der Waals surface area contributed by atoms with Gasteiger partial charge in [0.2, 0.25) is 5.95 Å². The lowest BCUT2D eigenvalue weighted by Crippen LogP contribution is -2.21. The third-order valence-electron chi connectivity index (χ3n) is 4.48. The number of anilines is 2. The highest BCUT2D eigenvalue weighted by atomic mass is 35.5. The van der Waals surface area contributed by atoms with Crippen molar-refractivity contribution in [3.63, 3.8) is 0 Å². The highest BCUT2D eigenvalue weighted by Crippen LogP contribution is 2.32. The fraction of sp³-hybridized carbons (Fsp3) is 0.150. The van der Waals surface area contributed by atoms with Crippen LogP contribution in [0.3, 0.4) is 0 Å². The lowest BCUT2D eigenvalue weighted by molar-refractivity contribution is 0.0962. The van der Waals surface area contributed by atoms with Crippen molar-refractivity contribution in [1.82, 2.24) is 9.97 Å². The molecule has 4 rings (SSSR count). The van der Waals surface area contributed by atoms with E-state index in [2.05, 4.69) is 15.3 Å². The first-order valence-corrected chi connectivity index (χ1v) is 8.63. The lowest BCUT2D eigenvalue weighted by Gasteiger charge is -2.23. The normalized spacial score (nSPS) is 16.2. The lowest BCUT2D eigenvalue weighted by atomic mass is 9.82. The topological polar surface area (TPSA) is 54.9 Å². The fourth-order valence-electron chi connectivity index (χ4n) is 3.14. The van der Waals surface area contributed by atoms with E-state index in [9.17, 15) is 9.18 Å². The summed E-state index contributed by atoms with van der Waals surface area (Å²) < 4.78 is 13.0. The van der Waals surface area contributed by atoms with Gasteiger partial charge in [-0.1, -0.05) is 23.7 Å². The van der Waals surface area contributed by atoms with Gasteiger partial charge in [-0.25, -0.2) is 14.4 Å². The van der Waals surface area contributed by atoms with Crippen molar-refractivity contribution in [1.29, 1.82) is 0 Å². The molecule has 4 nitrogen and oxygen atoms in total. The molecule has 0 spiro atoms. The summed E-state index contributed by atoms with van der Waals surface area (Å²) in [4.78, 5) is 21.2. The van der Waals surface area contributed by atoms with E-state index in [1.807, 2.05) is 24.3 Å². The van der Waals surface area contributed by atoms with Gasteiger partial charge in [-0.05, 0) is 54.3 Å². The zero-order valence-electron chi connectivity index (χ0n) is 13.7. The molecule has 1 N–H and O–H groups in total. The smallest absolute Gasteiger partial charge is 0.227 e. The second-order valence-corrected chi connectivity index (χ2v) is 6.70. The Morgan fingerprint density at radius 1 is 1.04 bits per heavy atom. The molecule has 0 amide bonds. The molecule has 0 aliphatic heterocycles. The van der Waals surface area contributed by atoms with Crippen molar-refractivity contribution >= 4 is 29.0 Å². The quantitative estimate of drug-likeness (QED) is 0.713. The molecule has 26 heavy (non-hydrogen) atoms. The van der Waals surface area contributed by atoms with Crippen LogP contribution in [0.2, 0.25) is 5.02 Å². The molecule has 6 heteroatoms. The van der Waals surface area contributed by atoms with Crippen LogP contribution in [0.25, 0.3) is 0 Å². The molecule has 0 bridgehead atoms. The van der Waals surface area contributed by atoms with E-state index in [1.54, 1.807) is 18.3 Å². The van der Waals surface area contributed by atoms with Crippen LogP contribution in [0.4, 0.5) is 16.0 Å². The van der Waals surface area contributed by atoms with Gasteiger partial charge in [0.1, 0.15) is 5.82 Å². The fourth-order valence-corrected chi connectivity index (χ4v) is 3.26. The highest BCUT2D eigenvalue weighted by molar-refractivity contribution is 6.30. The van der Waals surface area contributed by atoms with Gasteiger partial charge in [-0.2, -0.15) is 0 Å². The minimum Gasteiger partial charge on any atom is -0.324 e. The van der Waals surface area contributed by atoms with Gasteiger partial charge in [0, 0.05) is 23.3 Å². The molecule has 1 aliphatic rings. The molecule has 0 unspecified atom stereocenters. The average Bonchev–Trinajstić information content (AvgIpc) is 2.64. The van der Waals surface area contributed by atoms with Crippen LogP contribution in [-0.4, -0.2) is 15.8 Å². The zero-order chi connectivity index (χ0) is 18.1. The van der Waals surface area contributed by atoms with Gasteiger partial charge in [-0.3, -0.25) is 4.79 Å². The molecule has 0 fully saturated rings. The molecule has 1 aromatic heterocycles. The summed E-state index contributed by atoms with van der Waals surface area (Å²) in [6.45, 7) is 0. The maximum Gasteiger partial charge on any atom is 0.227 e. The second kappa shape index (κ2) is 6.84. The molecular formula is C20H15ClFN3O. The molecule has 1 aliphatic carbocycles. The van der Waals surface area contributed by atoms with E-state index in [0.717, 1.165) is 11.3 Å². The Balaban J connectivity index is 1.60. The van der Waals surface area contributed by atoms with Crippen LogP contribution in [0.15, 0.2) is 54.7 Å². The van der Waals surface area contributed by atoms with Gasteiger partial charge in [0.05, 0.1) is 11.3 Å². The number of nitrogens with one attached hydrogen (secondary N) is 1. The van der Waals surface area contributed by atoms with Crippen molar-refractivity contribution in [2.45, 2.75) is 18.8 Å². The summed E-state index contributed by atoms with van der Waals surface area (Å²) in [7, 11) is 0. The molecular weight excluding hydrogens is 353 g/mol. The molecule has 1 heterocycles. The van der Waals surface area contributed by atoms with Crippen molar-refractivity contribution in [3.05, 3.63) is 82.4 Å². The van der Waals surface area contributed by atoms with Crippen LogP contribution in [-0.2, 0) is 6.42 Å². The number of fused-ring (bicyclic) bond motifs is 1. The van der Waals surface area contributed by atoms with Crippen LogP contribution >= 0.6 is 11.6 Å². The zero-order valence-corrected chi connectivity index (χ0v) is 14.5. The molecule has 130 valence electrons. The number of Topliss-reactive ketones (excluding diaryl/α,β-unsaturated/α-hetero) is 1. The first-order chi connectivity index (χ1) is 12.6. The number of rotatable bonds is 3. The standard InChI is InChI=1S/C20H15ClFN3O/c21-14-3-1-12(2-4-14)13-9-18-17(19(26)10-13)11-23-20(25-18)24-16-7-5-15(22)6-8-16/h1-8,11,13H,9-10H2,(H,23,24,25)/t13-/m0/s1. The summed E-state index contributed by atoms with van der Waals surface area (Å²) in [5.41, 5.74) is 3.04. The largest absolute Gasteiger partial charge is 0.324 e. The number of aromatic nitrogens is 2. The molecule has 3 aromatic rings. The van der Waals surface area contributed by atoms with Crippen LogP contribution < -0.4 is 5.32 Å². The number of hydrogen-bond acceptors (Lipinski definition) is 4. The van der Waals surface area contributed by atoms with Crippen LogP contribution in [0.5, 0.6) is 0 Å². The number of ketones is 1. The highest BCUT2D eigenvalue weighted by Gasteiger charge is 2.28. The summed E-state index contributed by atoms with van der Waals surface area (Å²) in [5, 5.41) is 3.71. The van der Waals surface area contributed by atoms with E-state index in [0.29, 0.717) is 35.1 Å². The molecule has 0 saturated carbocycles. The minimum absolute atomic E-state index is 0.0412. The van der Waals surface area contributed by atoms with E-state index in [-0.39, 0.29) is 17.5 Å². The van der Waals surface area contributed by atoms with Gasteiger partial charge in [0.25, 0.3) is 0 Å². The van der Waals surface area contributed by atoms with Gasteiger partial charge in [-0.15, -0.1) is 0 Å². The summed E-state index contributed by atoms with van der Waals surface area (Å²) >= 11 is 5.95. The predicted octanol–water partition coefficient (Wildman–Crippen LogP) is 4.93. The van der Waals surface area contributed by atoms with Crippen molar-refractivity contribution in [3.8, 4) is 0 Å². The molecule has 0 saturated heterocycles. The number of benzene rings is 2. The summed E-state index contributed by atoms with van der Waals surface area (Å²) in [6.07, 6.45) is 2.65. The molecule has 0 radical (unpaired) electrons.